The zero-order chi connectivity index (χ0) is 22.9. The molecule has 1 atom stereocenters. The lowest BCUT2D eigenvalue weighted by Crippen LogP contribution is -2.32. The zero-order valence-corrected chi connectivity index (χ0v) is 19.6. The molecule has 164 valence electrons. The molecule has 1 saturated heterocycles. The van der Waals surface area contributed by atoms with Crippen LogP contribution in [0, 0.1) is 13.8 Å². The number of nitrogens with zero attached hydrogens (tertiary/aromatic N) is 2. The van der Waals surface area contributed by atoms with Crippen LogP contribution in [0.2, 0.25) is 10.0 Å². The van der Waals surface area contributed by atoms with Crippen LogP contribution in [-0.2, 0) is 9.59 Å². The lowest BCUT2D eigenvalue weighted by molar-refractivity contribution is -0.139. The monoisotopic (exact) mass is 460 g/mol. The van der Waals surface area contributed by atoms with Gasteiger partial charge in [0.1, 0.15) is 5.76 Å². The third-order valence-corrected chi connectivity index (χ3v) is 6.19. The Kier molecular flexibility index (Phi) is 7.10. The fourth-order valence-electron chi connectivity index (χ4n) is 3.83. The summed E-state index contributed by atoms with van der Waals surface area (Å²) < 4.78 is 0. The number of carbonyl (C=O) groups excluding carboxylic acids is 2. The van der Waals surface area contributed by atoms with E-state index in [9.17, 15) is 14.7 Å². The Morgan fingerprint density at radius 1 is 1.06 bits per heavy atom. The van der Waals surface area contributed by atoms with E-state index in [1.807, 2.05) is 51.0 Å². The molecule has 0 saturated carbocycles. The van der Waals surface area contributed by atoms with Gasteiger partial charge in [0.2, 0.25) is 0 Å². The van der Waals surface area contributed by atoms with Gasteiger partial charge in [0, 0.05) is 12.1 Å². The highest BCUT2D eigenvalue weighted by Crippen LogP contribution is 2.41. The fourth-order valence-corrected chi connectivity index (χ4v) is 4.14. The van der Waals surface area contributed by atoms with E-state index >= 15 is 0 Å². The molecule has 0 aromatic heterocycles. The summed E-state index contributed by atoms with van der Waals surface area (Å²) in [5.74, 6) is -1.49. The average molecular weight is 461 g/mol. The number of hydrogen-bond acceptors (Lipinski definition) is 4. The van der Waals surface area contributed by atoms with E-state index in [4.69, 9.17) is 23.2 Å². The SMILES string of the molecule is Cc1ccc(C)c(C(O)=C2C(=O)C(=O)N(CCCN(C)C)[C@H]2c2ccc(Cl)c(Cl)c2)c1. The Labute approximate surface area is 192 Å². The second-order valence-electron chi connectivity index (χ2n) is 8.14. The summed E-state index contributed by atoms with van der Waals surface area (Å²) in [5.41, 5.74) is 3.00. The molecule has 0 spiro atoms. The van der Waals surface area contributed by atoms with Crippen molar-refractivity contribution in [2.45, 2.75) is 26.3 Å². The van der Waals surface area contributed by atoms with Gasteiger partial charge in [-0.25, -0.2) is 0 Å². The number of hydrogen-bond donors (Lipinski definition) is 1. The van der Waals surface area contributed by atoms with Crippen LogP contribution in [0.3, 0.4) is 0 Å². The maximum Gasteiger partial charge on any atom is 0.295 e. The van der Waals surface area contributed by atoms with Crippen molar-refractivity contribution in [3.05, 3.63) is 74.3 Å². The number of aliphatic hydroxyl groups excluding tert-OH is 1. The second-order valence-corrected chi connectivity index (χ2v) is 8.96. The molecule has 1 aliphatic heterocycles. The standard InChI is InChI=1S/C24H26Cl2N2O3/c1-14-6-7-15(2)17(12-14)22(29)20-21(16-8-9-18(25)19(26)13-16)28(24(31)23(20)30)11-5-10-27(3)4/h6-9,12-13,21,29H,5,10-11H2,1-4H3/t21-/m0/s1. The minimum absolute atomic E-state index is 0.0712. The van der Waals surface area contributed by atoms with E-state index in [0.717, 1.165) is 17.7 Å². The molecule has 0 unspecified atom stereocenters. The molecule has 0 aliphatic carbocycles. The Morgan fingerprint density at radius 2 is 1.77 bits per heavy atom. The van der Waals surface area contributed by atoms with Crippen LogP contribution in [0.4, 0.5) is 0 Å². The Hall–Kier alpha value is -2.34. The summed E-state index contributed by atoms with van der Waals surface area (Å²) in [7, 11) is 3.90. The molecule has 31 heavy (non-hydrogen) atoms. The minimum Gasteiger partial charge on any atom is -0.507 e. The summed E-state index contributed by atoms with van der Waals surface area (Å²) >= 11 is 12.3. The average Bonchev–Trinajstić information content (AvgIpc) is 2.96. The Bertz CT molecular complexity index is 1060. The summed E-state index contributed by atoms with van der Waals surface area (Å²) in [4.78, 5) is 29.6. The number of aliphatic hydroxyl groups is 1. The summed E-state index contributed by atoms with van der Waals surface area (Å²) in [6.07, 6.45) is 0.682. The summed E-state index contributed by atoms with van der Waals surface area (Å²) in [6, 6.07) is 9.91. The lowest BCUT2D eigenvalue weighted by atomic mass is 9.93. The number of halogens is 2. The van der Waals surface area contributed by atoms with E-state index in [1.54, 1.807) is 18.2 Å². The number of likely N-dealkylation sites (tertiary alicyclic amines) is 1. The number of ketones is 1. The van der Waals surface area contributed by atoms with Crippen LogP contribution in [0.5, 0.6) is 0 Å². The van der Waals surface area contributed by atoms with E-state index in [1.165, 1.54) is 4.90 Å². The van der Waals surface area contributed by atoms with Crippen molar-refractivity contribution in [1.29, 1.82) is 0 Å². The molecule has 1 fully saturated rings. The van der Waals surface area contributed by atoms with Crippen LogP contribution in [0.15, 0.2) is 42.0 Å². The van der Waals surface area contributed by atoms with Gasteiger partial charge in [-0.2, -0.15) is 0 Å². The van der Waals surface area contributed by atoms with Gasteiger partial charge in [-0.15, -0.1) is 0 Å². The van der Waals surface area contributed by atoms with Crippen molar-refractivity contribution >= 4 is 40.7 Å². The van der Waals surface area contributed by atoms with Crippen molar-refractivity contribution in [3.8, 4) is 0 Å². The first-order valence-electron chi connectivity index (χ1n) is 10.1. The zero-order valence-electron chi connectivity index (χ0n) is 18.1. The molecule has 1 heterocycles. The van der Waals surface area contributed by atoms with E-state index in [-0.39, 0.29) is 11.3 Å². The molecule has 5 nitrogen and oxygen atoms in total. The fraction of sp³-hybridized carbons (Fsp3) is 0.333. The molecule has 1 amide bonds. The quantitative estimate of drug-likeness (QED) is 0.374. The Morgan fingerprint density at radius 3 is 2.42 bits per heavy atom. The topological polar surface area (TPSA) is 60.9 Å². The van der Waals surface area contributed by atoms with E-state index < -0.39 is 17.7 Å². The van der Waals surface area contributed by atoms with Crippen molar-refractivity contribution in [1.82, 2.24) is 9.80 Å². The molecule has 2 aromatic rings. The number of benzene rings is 2. The molecular formula is C24H26Cl2N2O3. The first-order chi connectivity index (χ1) is 14.6. The molecule has 7 heteroatoms. The second kappa shape index (κ2) is 9.43. The van der Waals surface area contributed by atoms with Gasteiger partial charge >= 0.3 is 0 Å². The van der Waals surface area contributed by atoms with E-state index in [2.05, 4.69) is 0 Å². The predicted octanol–water partition coefficient (Wildman–Crippen LogP) is 4.98. The highest BCUT2D eigenvalue weighted by Gasteiger charge is 2.46. The number of amides is 1. The summed E-state index contributed by atoms with van der Waals surface area (Å²) in [6.45, 7) is 4.90. The third kappa shape index (κ3) is 4.79. The predicted molar refractivity (Wildman–Crippen MR) is 125 cm³/mol. The van der Waals surface area contributed by atoms with Crippen molar-refractivity contribution < 1.29 is 14.7 Å². The summed E-state index contributed by atoms with van der Waals surface area (Å²) in [5, 5.41) is 11.9. The number of rotatable bonds is 6. The minimum atomic E-state index is -0.739. The molecule has 0 bridgehead atoms. The van der Waals surface area contributed by atoms with E-state index in [0.29, 0.717) is 34.1 Å². The van der Waals surface area contributed by atoms with Gasteiger partial charge in [0.25, 0.3) is 11.7 Å². The van der Waals surface area contributed by atoms with Gasteiger partial charge in [0.15, 0.2) is 0 Å². The smallest absolute Gasteiger partial charge is 0.295 e. The van der Waals surface area contributed by atoms with Crippen LogP contribution in [0.25, 0.3) is 5.76 Å². The normalized spacial score (nSPS) is 18.3. The number of aryl methyl sites for hydroxylation is 2. The first-order valence-corrected chi connectivity index (χ1v) is 10.8. The van der Waals surface area contributed by atoms with Crippen LogP contribution < -0.4 is 0 Å². The third-order valence-electron chi connectivity index (χ3n) is 5.45. The largest absolute Gasteiger partial charge is 0.507 e. The lowest BCUT2D eigenvalue weighted by Gasteiger charge is -2.26. The Balaban J connectivity index is 2.17. The van der Waals surface area contributed by atoms with Gasteiger partial charge in [-0.3, -0.25) is 9.59 Å². The molecule has 0 radical (unpaired) electrons. The van der Waals surface area contributed by atoms with Crippen molar-refractivity contribution in [3.63, 3.8) is 0 Å². The van der Waals surface area contributed by atoms with Crippen LogP contribution in [0.1, 0.15) is 34.7 Å². The van der Waals surface area contributed by atoms with Gasteiger partial charge in [-0.1, -0.05) is 47.0 Å². The highest BCUT2D eigenvalue weighted by molar-refractivity contribution is 6.47. The van der Waals surface area contributed by atoms with Crippen LogP contribution >= 0.6 is 23.2 Å². The van der Waals surface area contributed by atoms with Gasteiger partial charge in [0.05, 0.1) is 21.7 Å². The van der Waals surface area contributed by atoms with Crippen molar-refractivity contribution in [2.24, 2.45) is 0 Å². The molecular weight excluding hydrogens is 435 g/mol. The number of Topliss-reactive ketones (excluding diaryl/α,β-unsaturated/α-hetero) is 1. The van der Waals surface area contributed by atoms with Crippen molar-refractivity contribution in [2.75, 3.05) is 27.2 Å². The molecule has 3 rings (SSSR count). The van der Waals surface area contributed by atoms with Gasteiger partial charge < -0.3 is 14.9 Å². The maximum atomic E-state index is 13.1. The molecule has 2 aromatic carbocycles. The van der Waals surface area contributed by atoms with Gasteiger partial charge in [-0.05, 0) is 70.2 Å². The molecule has 1 N–H and O–H groups in total. The number of carbonyl (C=O) groups is 2. The van der Waals surface area contributed by atoms with Crippen LogP contribution in [-0.4, -0.2) is 53.8 Å². The maximum absolute atomic E-state index is 13.1. The highest BCUT2D eigenvalue weighted by atomic mass is 35.5. The molecule has 1 aliphatic rings. The first kappa shape index (κ1) is 23.3.